The first kappa shape index (κ1) is 12.2. The highest BCUT2D eigenvalue weighted by Gasteiger charge is 2.21. The summed E-state index contributed by atoms with van der Waals surface area (Å²) in [5.74, 6) is -1.02. The Morgan fingerprint density at radius 3 is 2.95 bits per heavy atom. The fraction of sp³-hybridized carbons (Fsp3) is 0.0769. The number of hydrogen-bond donors (Lipinski definition) is 1. The number of carboxylic acid groups (broad SMARTS) is 1. The third-order valence-corrected chi connectivity index (χ3v) is 3.91. The number of aromatic carboxylic acids is 1. The van der Waals surface area contributed by atoms with E-state index >= 15 is 0 Å². The summed E-state index contributed by atoms with van der Waals surface area (Å²) in [5, 5.41) is 11.8. The van der Waals surface area contributed by atoms with Crippen molar-refractivity contribution < 1.29 is 9.90 Å². The molecule has 0 aliphatic carbocycles. The predicted octanol–water partition coefficient (Wildman–Crippen LogP) is 3.72. The molecule has 0 spiro atoms. The molecule has 0 fully saturated rings. The Morgan fingerprint density at radius 2 is 2.32 bits per heavy atom. The lowest BCUT2D eigenvalue weighted by Gasteiger charge is -2.01. The topological polar surface area (TPSA) is 54.6 Å². The molecule has 3 heterocycles. The van der Waals surface area contributed by atoms with E-state index < -0.39 is 5.97 Å². The average molecular weight is 293 g/mol. The van der Waals surface area contributed by atoms with E-state index in [1.165, 1.54) is 15.7 Å². The summed E-state index contributed by atoms with van der Waals surface area (Å²) in [4.78, 5) is 16.8. The van der Waals surface area contributed by atoms with Gasteiger partial charge >= 0.3 is 5.97 Å². The molecule has 0 amide bonds. The van der Waals surface area contributed by atoms with Crippen LogP contribution in [0.25, 0.3) is 16.2 Å². The molecule has 0 aliphatic heterocycles. The Hall–Kier alpha value is -1.85. The van der Waals surface area contributed by atoms with Crippen LogP contribution in [0.2, 0.25) is 5.02 Å². The number of carboxylic acids is 1. The van der Waals surface area contributed by atoms with Crippen molar-refractivity contribution >= 4 is 34.6 Å². The second-order valence-electron chi connectivity index (χ2n) is 4.13. The van der Waals surface area contributed by atoms with Gasteiger partial charge in [0.05, 0.1) is 9.90 Å². The highest BCUT2D eigenvalue weighted by molar-refractivity contribution is 7.13. The number of aromatic nitrogens is 2. The van der Waals surface area contributed by atoms with Crippen LogP contribution in [0.5, 0.6) is 0 Å². The first-order valence-electron chi connectivity index (χ1n) is 5.53. The standard InChI is InChI=1S/C13H9ClN2O2S/c1-7-5-8(14)6-16-11(13(17)18)10(15-12(7)16)9-3-2-4-19-9/h2-6H,1H3,(H,17,18). The van der Waals surface area contributed by atoms with E-state index in [9.17, 15) is 9.90 Å². The van der Waals surface area contributed by atoms with Crippen LogP contribution in [0.15, 0.2) is 29.8 Å². The third kappa shape index (κ3) is 1.91. The molecule has 0 aliphatic rings. The lowest BCUT2D eigenvalue weighted by atomic mass is 10.2. The van der Waals surface area contributed by atoms with E-state index in [0.717, 1.165) is 10.4 Å². The first-order valence-corrected chi connectivity index (χ1v) is 6.79. The molecule has 3 aromatic rings. The van der Waals surface area contributed by atoms with E-state index in [-0.39, 0.29) is 5.69 Å². The molecule has 3 aromatic heterocycles. The molecule has 0 bridgehead atoms. The number of nitrogens with zero attached hydrogens (tertiary/aromatic N) is 2. The molecule has 0 saturated heterocycles. The number of pyridine rings is 1. The number of halogens is 1. The minimum Gasteiger partial charge on any atom is -0.476 e. The monoisotopic (exact) mass is 292 g/mol. The van der Waals surface area contributed by atoms with Crippen molar-refractivity contribution in [2.45, 2.75) is 6.92 Å². The van der Waals surface area contributed by atoms with Crippen molar-refractivity contribution in [3.8, 4) is 10.6 Å². The van der Waals surface area contributed by atoms with Gasteiger partial charge in [-0.2, -0.15) is 0 Å². The molecule has 4 nitrogen and oxygen atoms in total. The van der Waals surface area contributed by atoms with Gasteiger partial charge in [0.1, 0.15) is 11.3 Å². The summed E-state index contributed by atoms with van der Waals surface area (Å²) in [6.07, 6.45) is 1.58. The lowest BCUT2D eigenvalue weighted by Crippen LogP contribution is -2.03. The number of aryl methyl sites for hydroxylation is 1. The van der Waals surface area contributed by atoms with E-state index in [0.29, 0.717) is 16.4 Å². The Labute approximate surface area is 117 Å². The van der Waals surface area contributed by atoms with Crippen molar-refractivity contribution in [1.29, 1.82) is 0 Å². The molecule has 96 valence electrons. The smallest absolute Gasteiger partial charge is 0.355 e. The summed E-state index contributed by atoms with van der Waals surface area (Å²) >= 11 is 7.46. The average Bonchev–Trinajstić information content (AvgIpc) is 2.92. The number of carbonyl (C=O) groups is 1. The molecule has 0 saturated carbocycles. The molecule has 0 unspecified atom stereocenters. The molecule has 0 atom stereocenters. The zero-order valence-electron chi connectivity index (χ0n) is 9.92. The number of fused-ring (bicyclic) bond motifs is 1. The van der Waals surface area contributed by atoms with Crippen LogP contribution in [0.1, 0.15) is 16.1 Å². The Morgan fingerprint density at radius 1 is 1.53 bits per heavy atom. The minimum absolute atomic E-state index is 0.142. The molecule has 0 aromatic carbocycles. The molecular weight excluding hydrogens is 284 g/mol. The maximum Gasteiger partial charge on any atom is 0.355 e. The van der Waals surface area contributed by atoms with E-state index in [4.69, 9.17) is 11.6 Å². The second-order valence-corrected chi connectivity index (χ2v) is 5.51. The SMILES string of the molecule is Cc1cc(Cl)cn2c(C(=O)O)c(-c3cccs3)nc12. The van der Waals surface area contributed by atoms with Gasteiger partial charge in [0.25, 0.3) is 0 Å². The third-order valence-electron chi connectivity index (χ3n) is 2.83. The fourth-order valence-corrected chi connectivity index (χ4v) is 3.03. The van der Waals surface area contributed by atoms with Gasteiger partial charge in [0.2, 0.25) is 0 Å². The summed E-state index contributed by atoms with van der Waals surface area (Å²) < 4.78 is 1.54. The Balaban J connectivity index is 2.43. The predicted molar refractivity (Wildman–Crippen MR) is 75.2 cm³/mol. The van der Waals surface area contributed by atoms with Gasteiger partial charge < -0.3 is 5.11 Å². The van der Waals surface area contributed by atoms with Crippen molar-refractivity contribution in [2.75, 3.05) is 0 Å². The van der Waals surface area contributed by atoms with Crippen molar-refractivity contribution in [1.82, 2.24) is 9.38 Å². The van der Waals surface area contributed by atoms with Gasteiger partial charge in [-0.15, -0.1) is 11.3 Å². The maximum atomic E-state index is 11.5. The van der Waals surface area contributed by atoms with Gasteiger partial charge in [0.15, 0.2) is 5.69 Å². The number of hydrogen-bond acceptors (Lipinski definition) is 3. The molecule has 1 N–H and O–H groups in total. The van der Waals surface area contributed by atoms with E-state index in [1.807, 2.05) is 24.4 Å². The number of rotatable bonds is 2. The maximum absolute atomic E-state index is 11.5. The molecule has 6 heteroatoms. The Kier molecular flexibility index (Phi) is 2.80. The van der Waals surface area contributed by atoms with Gasteiger partial charge in [-0.3, -0.25) is 4.40 Å². The van der Waals surface area contributed by atoms with Crippen molar-refractivity contribution in [3.05, 3.63) is 46.1 Å². The molecule has 0 radical (unpaired) electrons. The van der Waals surface area contributed by atoms with Crippen LogP contribution in [-0.2, 0) is 0 Å². The quantitative estimate of drug-likeness (QED) is 0.783. The highest BCUT2D eigenvalue weighted by Crippen LogP contribution is 2.30. The van der Waals surface area contributed by atoms with Gasteiger partial charge in [-0.05, 0) is 30.0 Å². The fourth-order valence-electron chi connectivity index (χ4n) is 2.06. The minimum atomic E-state index is -1.02. The van der Waals surface area contributed by atoms with Crippen molar-refractivity contribution in [2.24, 2.45) is 0 Å². The van der Waals surface area contributed by atoms with Crippen LogP contribution in [-0.4, -0.2) is 20.5 Å². The normalized spacial score (nSPS) is 11.1. The summed E-state index contributed by atoms with van der Waals surface area (Å²) in [6.45, 7) is 1.86. The summed E-state index contributed by atoms with van der Waals surface area (Å²) in [6, 6.07) is 5.50. The highest BCUT2D eigenvalue weighted by atomic mass is 35.5. The molecular formula is C13H9ClN2O2S. The van der Waals surface area contributed by atoms with Crippen LogP contribution in [0.4, 0.5) is 0 Å². The Bertz CT molecular complexity index is 778. The summed E-state index contributed by atoms with van der Waals surface area (Å²) in [7, 11) is 0. The van der Waals surface area contributed by atoms with Gasteiger partial charge in [-0.25, -0.2) is 9.78 Å². The zero-order chi connectivity index (χ0) is 13.6. The van der Waals surface area contributed by atoms with E-state index in [2.05, 4.69) is 4.98 Å². The van der Waals surface area contributed by atoms with Gasteiger partial charge in [0, 0.05) is 6.20 Å². The lowest BCUT2D eigenvalue weighted by molar-refractivity contribution is 0.0690. The number of imidazole rings is 1. The largest absolute Gasteiger partial charge is 0.476 e. The zero-order valence-corrected chi connectivity index (χ0v) is 11.5. The van der Waals surface area contributed by atoms with Crippen LogP contribution < -0.4 is 0 Å². The van der Waals surface area contributed by atoms with Gasteiger partial charge in [-0.1, -0.05) is 17.7 Å². The first-order chi connectivity index (χ1) is 9.08. The van der Waals surface area contributed by atoms with Crippen molar-refractivity contribution in [3.63, 3.8) is 0 Å². The molecule has 19 heavy (non-hydrogen) atoms. The van der Waals surface area contributed by atoms with Crippen LogP contribution in [0, 0.1) is 6.92 Å². The molecule has 3 rings (SSSR count). The number of thiophene rings is 1. The summed E-state index contributed by atoms with van der Waals surface area (Å²) in [5.41, 5.74) is 2.08. The van der Waals surface area contributed by atoms with Crippen LogP contribution in [0.3, 0.4) is 0 Å². The van der Waals surface area contributed by atoms with Crippen LogP contribution >= 0.6 is 22.9 Å². The van der Waals surface area contributed by atoms with E-state index in [1.54, 1.807) is 12.3 Å². The second kappa shape index (κ2) is 4.36.